The summed E-state index contributed by atoms with van der Waals surface area (Å²) in [7, 11) is 0. The van der Waals surface area contributed by atoms with E-state index in [-0.39, 0.29) is 10.6 Å². The Morgan fingerprint density at radius 1 is 1.14 bits per heavy atom. The van der Waals surface area contributed by atoms with Crippen LogP contribution in [0, 0.1) is 18.6 Å². The van der Waals surface area contributed by atoms with Crippen LogP contribution >= 0.6 is 11.6 Å². The molecule has 1 heterocycles. The summed E-state index contributed by atoms with van der Waals surface area (Å²) in [5, 5.41) is 0.596. The molecule has 0 saturated carbocycles. The van der Waals surface area contributed by atoms with Crippen molar-refractivity contribution in [2.75, 3.05) is 0 Å². The van der Waals surface area contributed by atoms with Crippen molar-refractivity contribution in [3.63, 3.8) is 0 Å². The number of rotatable bonds is 2. The van der Waals surface area contributed by atoms with Gasteiger partial charge in [0, 0.05) is 10.9 Å². The minimum atomic E-state index is -0.899. The highest BCUT2D eigenvalue weighted by Crippen LogP contribution is 2.31. The topological polar surface area (TPSA) is 39.2 Å². The number of nitrogens with two attached hydrogens (primary N) is 1. The Kier molecular flexibility index (Phi) is 3.43. The Morgan fingerprint density at radius 2 is 1.90 bits per heavy atom. The summed E-state index contributed by atoms with van der Waals surface area (Å²) in [4.78, 5) is 0. The van der Waals surface area contributed by atoms with E-state index in [0.717, 1.165) is 23.1 Å². The molecule has 0 bridgehead atoms. The molecule has 108 valence electrons. The smallest absolute Gasteiger partial charge is 0.142 e. The van der Waals surface area contributed by atoms with Gasteiger partial charge in [-0.05, 0) is 30.7 Å². The fourth-order valence-electron chi connectivity index (χ4n) is 2.31. The van der Waals surface area contributed by atoms with Crippen molar-refractivity contribution in [1.82, 2.24) is 0 Å². The van der Waals surface area contributed by atoms with Gasteiger partial charge in [-0.25, -0.2) is 8.78 Å². The summed E-state index contributed by atoms with van der Waals surface area (Å²) < 4.78 is 33.1. The predicted molar refractivity (Wildman–Crippen MR) is 78.3 cm³/mol. The van der Waals surface area contributed by atoms with Crippen molar-refractivity contribution in [2.24, 2.45) is 5.73 Å². The van der Waals surface area contributed by atoms with Gasteiger partial charge in [-0.3, -0.25) is 0 Å². The summed E-state index contributed by atoms with van der Waals surface area (Å²) in [5.41, 5.74) is 7.66. The van der Waals surface area contributed by atoms with E-state index in [4.69, 9.17) is 21.8 Å². The molecule has 0 aliphatic rings. The Balaban J connectivity index is 2.10. The average molecular weight is 308 g/mol. The molecule has 5 heteroatoms. The van der Waals surface area contributed by atoms with Crippen molar-refractivity contribution in [3.8, 4) is 0 Å². The summed E-state index contributed by atoms with van der Waals surface area (Å²) in [6, 6.07) is 8.43. The number of furan rings is 1. The van der Waals surface area contributed by atoms with Gasteiger partial charge in [0.1, 0.15) is 23.0 Å². The molecule has 0 aliphatic carbocycles. The SMILES string of the molecule is Cc1cccc2cc(C(N)c3cc(F)c(Cl)cc3F)oc12. The number of para-hydroxylation sites is 1. The van der Waals surface area contributed by atoms with Gasteiger partial charge in [0.15, 0.2) is 0 Å². The summed E-state index contributed by atoms with van der Waals surface area (Å²) in [5.74, 6) is -0.998. The molecule has 0 fully saturated rings. The highest BCUT2D eigenvalue weighted by Gasteiger charge is 2.20. The molecule has 1 unspecified atom stereocenters. The minimum absolute atomic E-state index is 0.00797. The maximum atomic E-state index is 13.9. The molecule has 0 saturated heterocycles. The molecule has 3 rings (SSSR count). The van der Waals surface area contributed by atoms with Gasteiger partial charge in [-0.2, -0.15) is 0 Å². The average Bonchev–Trinajstić information content (AvgIpc) is 2.87. The van der Waals surface area contributed by atoms with Crippen molar-refractivity contribution in [3.05, 3.63) is 69.9 Å². The molecule has 0 amide bonds. The second-order valence-corrected chi connectivity index (χ2v) is 5.31. The fourth-order valence-corrected chi connectivity index (χ4v) is 2.46. The largest absolute Gasteiger partial charge is 0.459 e. The van der Waals surface area contributed by atoms with Crippen molar-refractivity contribution in [2.45, 2.75) is 13.0 Å². The van der Waals surface area contributed by atoms with Crippen LogP contribution in [0.1, 0.15) is 22.9 Å². The molecule has 21 heavy (non-hydrogen) atoms. The normalized spacial score (nSPS) is 12.8. The lowest BCUT2D eigenvalue weighted by molar-refractivity contribution is 0.505. The van der Waals surface area contributed by atoms with E-state index in [0.29, 0.717) is 11.3 Å². The van der Waals surface area contributed by atoms with Gasteiger partial charge in [-0.1, -0.05) is 29.8 Å². The lowest BCUT2D eigenvalue weighted by Crippen LogP contribution is -2.13. The molecule has 0 spiro atoms. The Labute approximate surface area is 125 Å². The molecule has 1 atom stereocenters. The molecule has 2 N–H and O–H groups in total. The van der Waals surface area contributed by atoms with Gasteiger partial charge < -0.3 is 10.2 Å². The molecule has 2 aromatic carbocycles. The molecule has 0 aliphatic heterocycles. The predicted octanol–water partition coefficient (Wildman–Crippen LogP) is 4.72. The number of fused-ring (bicyclic) bond motifs is 1. The van der Waals surface area contributed by atoms with Gasteiger partial charge in [-0.15, -0.1) is 0 Å². The van der Waals surface area contributed by atoms with Crippen LogP contribution in [0.3, 0.4) is 0 Å². The standard InChI is InChI=1S/C16H12ClF2NO/c1-8-3-2-4-9-5-14(21-16(8)9)15(20)10-6-13(19)11(17)7-12(10)18/h2-7,15H,20H2,1H3. The van der Waals surface area contributed by atoms with Gasteiger partial charge >= 0.3 is 0 Å². The molecule has 2 nitrogen and oxygen atoms in total. The van der Waals surface area contributed by atoms with Crippen LogP contribution in [0.4, 0.5) is 8.78 Å². The van der Waals surface area contributed by atoms with Crippen molar-refractivity contribution >= 4 is 22.6 Å². The zero-order chi connectivity index (χ0) is 15.1. The molecular weight excluding hydrogens is 296 g/mol. The summed E-state index contributed by atoms with van der Waals surface area (Å²) in [6.45, 7) is 1.91. The zero-order valence-electron chi connectivity index (χ0n) is 11.2. The van der Waals surface area contributed by atoms with E-state index < -0.39 is 17.7 Å². The van der Waals surface area contributed by atoms with E-state index in [1.54, 1.807) is 6.07 Å². The van der Waals surface area contributed by atoms with Crippen molar-refractivity contribution in [1.29, 1.82) is 0 Å². The van der Waals surface area contributed by atoms with E-state index in [1.807, 2.05) is 25.1 Å². The highest BCUT2D eigenvalue weighted by molar-refractivity contribution is 6.30. The second-order valence-electron chi connectivity index (χ2n) is 4.91. The highest BCUT2D eigenvalue weighted by atomic mass is 35.5. The van der Waals surface area contributed by atoms with Crippen LogP contribution in [0.15, 0.2) is 40.8 Å². The number of benzene rings is 2. The van der Waals surface area contributed by atoms with E-state index in [9.17, 15) is 8.78 Å². The molecule has 1 aromatic heterocycles. The third-order valence-electron chi connectivity index (χ3n) is 3.44. The maximum absolute atomic E-state index is 13.9. The van der Waals surface area contributed by atoms with Gasteiger partial charge in [0.25, 0.3) is 0 Å². The summed E-state index contributed by atoms with van der Waals surface area (Å²) >= 11 is 5.54. The third kappa shape index (κ3) is 2.41. The van der Waals surface area contributed by atoms with Crippen LogP contribution in [0.25, 0.3) is 11.0 Å². The van der Waals surface area contributed by atoms with Crippen LogP contribution < -0.4 is 5.73 Å². The Morgan fingerprint density at radius 3 is 2.62 bits per heavy atom. The number of halogens is 3. The number of hydrogen-bond donors (Lipinski definition) is 1. The molecule has 3 aromatic rings. The quantitative estimate of drug-likeness (QED) is 0.696. The van der Waals surface area contributed by atoms with Gasteiger partial charge in [0.2, 0.25) is 0 Å². The third-order valence-corrected chi connectivity index (χ3v) is 3.73. The molecular formula is C16H12ClF2NO. The van der Waals surface area contributed by atoms with Crippen LogP contribution in [0.2, 0.25) is 5.02 Å². The lowest BCUT2D eigenvalue weighted by Gasteiger charge is -2.11. The first-order valence-corrected chi connectivity index (χ1v) is 6.74. The first kappa shape index (κ1) is 14.0. The Hall–Kier alpha value is -1.91. The van der Waals surface area contributed by atoms with E-state index in [2.05, 4.69) is 0 Å². The van der Waals surface area contributed by atoms with E-state index >= 15 is 0 Å². The maximum Gasteiger partial charge on any atom is 0.142 e. The van der Waals surface area contributed by atoms with Gasteiger partial charge in [0.05, 0.1) is 11.1 Å². The zero-order valence-corrected chi connectivity index (χ0v) is 11.9. The first-order valence-electron chi connectivity index (χ1n) is 6.36. The summed E-state index contributed by atoms with van der Waals surface area (Å²) in [6.07, 6.45) is 0. The minimum Gasteiger partial charge on any atom is -0.459 e. The fraction of sp³-hybridized carbons (Fsp3) is 0.125. The van der Waals surface area contributed by atoms with Crippen LogP contribution in [-0.2, 0) is 0 Å². The number of hydrogen-bond acceptors (Lipinski definition) is 2. The first-order chi connectivity index (χ1) is 9.97. The molecule has 0 radical (unpaired) electrons. The Bertz CT molecular complexity index is 829. The van der Waals surface area contributed by atoms with E-state index in [1.165, 1.54) is 0 Å². The number of aryl methyl sites for hydroxylation is 1. The second kappa shape index (κ2) is 5.13. The lowest BCUT2D eigenvalue weighted by atomic mass is 10.0. The van der Waals surface area contributed by atoms with Crippen molar-refractivity contribution < 1.29 is 13.2 Å². The van der Waals surface area contributed by atoms with Crippen LogP contribution in [0.5, 0.6) is 0 Å². The van der Waals surface area contributed by atoms with Crippen LogP contribution in [-0.4, -0.2) is 0 Å². The monoisotopic (exact) mass is 307 g/mol.